The molecule has 2 aromatic carbocycles. The Labute approximate surface area is 140 Å². The molecule has 2 N–H and O–H groups in total. The largest absolute Gasteiger partial charge is 0.387 e. The summed E-state index contributed by atoms with van der Waals surface area (Å²) in [5.74, 6) is -0.385. The van der Waals surface area contributed by atoms with Gasteiger partial charge in [-0.3, -0.25) is 4.98 Å². The highest BCUT2D eigenvalue weighted by atomic mass is 19.1. The van der Waals surface area contributed by atoms with Gasteiger partial charge in [0.1, 0.15) is 5.82 Å². The molecule has 3 rings (SSSR count). The average molecular weight is 322 g/mol. The molecule has 24 heavy (non-hydrogen) atoms. The van der Waals surface area contributed by atoms with Crippen LogP contribution < -0.4 is 5.32 Å². The topological polar surface area (TPSA) is 45.1 Å². The molecular weight excluding hydrogens is 303 g/mol. The van der Waals surface area contributed by atoms with Gasteiger partial charge >= 0.3 is 0 Å². The zero-order chi connectivity index (χ0) is 16.8. The molecule has 1 unspecified atom stereocenters. The molecule has 0 amide bonds. The van der Waals surface area contributed by atoms with Crippen molar-refractivity contribution in [2.75, 3.05) is 6.54 Å². The molecule has 1 aromatic heterocycles. The molecule has 4 heteroatoms. The second-order valence-electron chi connectivity index (χ2n) is 5.58. The Morgan fingerprint density at radius 2 is 1.83 bits per heavy atom. The summed E-state index contributed by atoms with van der Waals surface area (Å²) in [6.45, 7) is 0.876. The van der Waals surface area contributed by atoms with Gasteiger partial charge in [0.25, 0.3) is 0 Å². The summed E-state index contributed by atoms with van der Waals surface area (Å²) < 4.78 is 13.6. The van der Waals surface area contributed by atoms with E-state index in [2.05, 4.69) is 16.4 Å². The third-order valence-corrected chi connectivity index (χ3v) is 3.82. The van der Waals surface area contributed by atoms with E-state index in [1.165, 1.54) is 6.07 Å². The number of hydrogen-bond donors (Lipinski definition) is 2. The summed E-state index contributed by atoms with van der Waals surface area (Å²) in [5, 5.41) is 13.3. The number of pyridine rings is 1. The lowest BCUT2D eigenvalue weighted by Crippen LogP contribution is -2.21. The van der Waals surface area contributed by atoms with Crippen molar-refractivity contribution in [3.05, 3.63) is 89.9 Å². The minimum Gasteiger partial charge on any atom is -0.387 e. The Morgan fingerprint density at radius 1 is 1.00 bits per heavy atom. The molecule has 3 aromatic rings. The predicted molar refractivity (Wildman–Crippen MR) is 92.7 cm³/mol. The fourth-order valence-corrected chi connectivity index (χ4v) is 2.58. The van der Waals surface area contributed by atoms with E-state index in [0.29, 0.717) is 12.1 Å². The van der Waals surface area contributed by atoms with Gasteiger partial charge in [0, 0.05) is 30.4 Å². The van der Waals surface area contributed by atoms with Gasteiger partial charge in [-0.2, -0.15) is 0 Å². The van der Waals surface area contributed by atoms with Gasteiger partial charge < -0.3 is 10.4 Å². The molecule has 1 atom stereocenters. The number of benzene rings is 2. The SMILES string of the molecule is OC(CNCc1cccc(-c2ccccn2)c1)c1ccccc1F. The summed E-state index contributed by atoms with van der Waals surface area (Å²) in [5.41, 5.74) is 3.36. The van der Waals surface area contributed by atoms with Crippen LogP contribution in [0.5, 0.6) is 0 Å². The first kappa shape index (κ1) is 16.3. The molecule has 0 spiro atoms. The zero-order valence-corrected chi connectivity index (χ0v) is 13.2. The minimum absolute atomic E-state index is 0.286. The van der Waals surface area contributed by atoms with Crippen LogP contribution in [0.25, 0.3) is 11.3 Å². The van der Waals surface area contributed by atoms with Crippen LogP contribution in [0.4, 0.5) is 4.39 Å². The van der Waals surface area contributed by atoms with Crippen LogP contribution in [0.3, 0.4) is 0 Å². The average Bonchev–Trinajstić information content (AvgIpc) is 2.63. The number of aliphatic hydroxyl groups is 1. The van der Waals surface area contributed by atoms with E-state index in [-0.39, 0.29) is 12.4 Å². The maximum absolute atomic E-state index is 13.6. The van der Waals surface area contributed by atoms with Crippen molar-refractivity contribution in [3.8, 4) is 11.3 Å². The zero-order valence-electron chi connectivity index (χ0n) is 13.2. The van der Waals surface area contributed by atoms with Crippen LogP contribution >= 0.6 is 0 Å². The van der Waals surface area contributed by atoms with E-state index in [4.69, 9.17) is 0 Å². The fourth-order valence-electron chi connectivity index (χ4n) is 2.58. The number of hydrogen-bond acceptors (Lipinski definition) is 3. The first-order chi connectivity index (χ1) is 11.7. The van der Waals surface area contributed by atoms with E-state index in [9.17, 15) is 9.50 Å². The Kier molecular flexibility index (Phi) is 5.31. The van der Waals surface area contributed by atoms with Crippen LogP contribution in [0.15, 0.2) is 72.9 Å². The van der Waals surface area contributed by atoms with Crippen molar-refractivity contribution in [1.82, 2.24) is 10.3 Å². The Bertz CT molecular complexity index is 792. The van der Waals surface area contributed by atoms with Crippen LogP contribution in [0.2, 0.25) is 0 Å². The molecule has 0 radical (unpaired) electrons. The Balaban J connectivity index is 1.60. The number of aromatic nitrogens is 1. The lowest BCUT2D eigenvalue weighted by atomic mass is 10.1. The van der Waals surface area contributed by atoms with E-state index < -0.39 is 6.10 Å². The molecule has 0 saturated heterocycles. The van der Waals surface area contributed by atoms with Gasteiger partial charge in [-0.25, -0.2) is 4.39 Å². The summed E-state index contributed by atoms with van der Waals surface area (Å²) in [4.78, 5) is 4.35. The molecule has 0 aliphatic rings. The van der Waals surface area contributed by atoms with Gasteiger partial charge in [0.2, 0.25) is 0 Å². The number of rotatable bonds is 6. The third kappa shape index (κ3) is 4.04. The summed E-state index contributed by atoms with van der Waals surface area (Å²) in [6.07, 6.45) is 0.899. The van der Waals surface area contributed by atoms with Crippen molar-refractivity contribution < 1.29 is 9.50 Å². The van der Waals surface area contributed by atoms with Gasteiger partial charge in [0.15, 0.2) is 0 Å². The minimum atomic E-state index is -0.870. The fraction of sp³-hybridized carbons (Fsp3) is 0.150. The molecule has 0 saturated carbocycles. The summed E-state index contributed by atoms with van der Waals surface area (Å²) in [6, 6.07) is 20.2. The van der Waals surface area contributed by atoms with Crippen molar-refractivity contribution in [2.24, 2.45) is 0 Å². The first-order valence-corrected chi connectivity index (χ1v) is 7.87. The number of nitrogens with zero attached hydrogens (tertiary/aromatic N) is 1. The smallest absolute Gasteiger partial charge is 0.129 e. The van der Waals surface area contributed by atoms with Crippen molar-refractivity contribution >= 4 is 0 Å². The van der Waals surface area contributed by atoms with Crippen LogP contribution in [0.1, 0.15) is 17.2 Å². The Hall–Kier alpha value is -2.56. The standard InChI is InChI=1S/C20H19FN2O/c21-18-9-2-1-8-17(18)20(24)14-22-13-15-6-5-7-16(12-15)19-10-3-4-11-23-19/h1-12,20,22,24H,13-14H2. The highest BCUT2D eigenvalue weighted by Gasteiger charge is 2.11. The van der Waals surface area contributed by atoms with E-state index in [0.717, 1.165) is 16.8 Å². The molecule has 0 fully saturated rings. The van der Waals surface area contributed by atoms with Gasteiger partial charge in [-0.1, -0.05) is 42.5 Å². The van der Waals surface area contributed by atoms with Crippen LogP contribution in [-0.2, 0) is 6.54 Å². The van der Waals surface area contributed by atoms with Crippen molar-refractivity contribution in [1.29, 1.82) is 0 Å². The molecule has 3 nitrogen and oxygen atoms in total. The maximum Gasteiger partial charge on any atom is 0.129 e. The van der Waals surface area contributed by atoms with Gasteiger partial charge in [-0.15, -0.1) is 0 Å². The highest BCUT2D eigenvalue weighted by Crippen LogP contribution is 2.18. The number of nitrogens with one attached hydrogen (secondary N) is 1. The van der Waals surface area contributed by atoms with Crippen molar-refractivity contribution in [3.63, 3.8) is 0 Å². The first-order valence-electron chi connectivity index (χ1n) is 7.87. The van der Waals surface area contributed by atoms with E-state index >= 15 is 0 Å². The summed E-state index contributed by atoms with van der Waals surface area (Å²) >= 11 is 0. The van der Waals surface area contributed by atoms with E-state index in [1.807, 2.05) is 36.4 Å². The highest BCUT2D eigenvalue weighted by molar-refractivity contribution is 5.59. The number of halogens is 1. The number of aliphatic hydroxyl groups excluding tert-OH is 1. The molecule has 122 valence electrons. The second kappa shape index (κ2) is 7.81. The lowest BCUT2D eigenvalue weighted by molar-refractivity contribution is 0.169. The normalized spacial score (nSPS) is 12.1. The Morgan fingerprint density at radius 3 is 2.62 bits per heavy atom. The molecular formula is C20H19FN2O. The lowest BCUT2D eigenvalue weighted by Gasteiger charge is -2.13. The van der Waals surface area contributed by atoms with Crippen molar-refractivity contribution in [2.45, 2.75) is 12.6 Å². The summed E-state index contributed by atoms with van der Waals surface area (Å²) in [7, 11) is 0. The second-order valence-corrected chi connectivity index (χ2v) is 5.58. The maximum atomic E-state index is 13.6. The predicted octanol–water partition coefficient (Wildman–Crippen LogP) is 3.71. The third-order valence-electron chi connectivity index (χ3n) is 3.82. The van der Waals surface area contributed by atoms with Gasteiger partial charge in [0.05, 0.1) is 11.8 Å². The molecule has 0 aliphatic heterocycles. The molecule has 0 aliphatic carbocycles. The van der Waals surface area contributed by atoms with Crippen LogP contribution in [0, 0.1) is 5.82 Å². The molecule has 1 heterocycles. The monoisotopic (exact) mass is 322 g/mol. The van der Waals surface area contributed by atoms with Gasteiger partial charge in [-0.05, 0) is 29.8 Å². The van der Waals surface area contributed by atoms with Crippen LogP contribution in [-0.4, -0.2) is 16.6 Å². The van der Waals surface area contributed by atoms with E-state index in [1.54, 1.807) is 24.4 Å². The molecule has 0 bridgehead atoms. The quantitative estimate of drug-likeness (QED) is 0.727.